The molecule has 0 spiro atoms. The van der Waals surface area contributed by atoms with Gasteiger partial charge in [-0.3, -0.25) is 14.7 Å². The Morgan fingerprint density at radius 3 is 2.95 bits per heavy atom. The molecule has 1 aliphatic heterocycles. The van der Waals surface area contributed by atoms with Gasteiger partial charge in [0.15, 0.2) is 0 Å². The second-order valence-electron chi connectivity index (χ2n) is 4.78. The molecule has 2 heterocycles. The van der Waals surface area contributed by atoms with Crippen molar-refractivity contribution in [2.75, 3.05) is 10.6 Å². The van der Waals surface area contributed by atoms with Crippen LogP contribution in [-0.2, 0) is 11.2 Å². The van der Waals surface area contributed by atoms with E-state index in [0.717, 1.165) is 16.9 Å². The van der Waals surface area contributed by atoms with E-state index in [1.165, 1.54) is 6.20 Å². The molecule has 0 fully saturated rings. The molecule has 0 aliphatic carbocycles. The Morgan fingerprint density at radius 2 is 2.20 bits per heavy atom. The van der Waals surface area contributed by atoms with Crippen LogP contribution in [0.1, 0.15) is 28.0 Å². The van der Waals surface area contributed by atoms with Crippen LogP contribution in [0.25, 0.3) is 0 Å². The maximum Gasteiger partial charge on any atom is 0.259 e. The average molecular weight is 270 g/mol. The van der Waals surface area contributed by atoms with Gasteiger partial charge >= 0.3 is 0 Å². The molecule has 1 aliphatic rings. The fourth-order valence-corrected chi connectivity index (χ4v) is 2.24. The molecule has 0 radical (unpaired) electrons. The third-order valence-electron chi connectivity index (χ3n) is 3.33. The number of fused-ring (bicyclic) bond motifs is 1. The average Bonchev–Trinajstić information content (AvgIpc) is 2.85. The van der Waals surface area contributed by atoms with Gasteiger partial charge in [-0.25, -0.2) is 0 Å². The van der Waals surface area contributed by atoms with E-state index in [2.05, 4.69) is 20.8 Å². The Hall–Kier alpha value is -2.63. The van der Waals surface area contributed by atoms with Crippen LogP contribution in [-0.4, -0.2) is 22.0 Å². The summed E-state index contributed by atoms with van der Waals surface area (Å²) >= 11 is 0. The molecule has 1 aromatic carbocycles. The van der Waals surface area contributed by atoms with Gasteiger partial charge < -0.3 is 10.6 Å². The number of benzene rings is 1. The number of aromatic amines is 1. The summed E-state index contributed by atoms with van der Waals surface area (Å²) in [6.07, 6.45) is 2.67. The summed E-state index contributed by atoms with van der Waals surface area (Å²) in [7, 11) is 0. The van der Waals surface area contributed by atoms with Gasteiger partial charge in [-0.1, -0.05) is 0 Å². The zero-order valence-corrected chi connectivity index (χ0v) is 11.0. The third kappa shape index (κ3) is 2.27. The Balaban J connectivity index is 1.80. The van der Waals surface area contributed by atoms with E-state index in [-0.39, 0.29) is 11.8 Å². The van der Waals surface area contributed by atoms with E-state index in [4.69, 9.17) is 0 Å². The Kier molecular flexibility index (Phi) is 2.98. The molecule has 0 saturated heterocycles. The highest BCUT2D eigenvalue weighted by Gasteiger charge is 2.16. The van der Waals surface area contributed by atoms with Gasteiger partial charge in [0.1, 0.15) is 0 Å². The van der Waals surface area contributed by atoms with E-state index in [1.54, 1.807) is 13.0 Å². The molecule has 0 bridgehead atoms. The number of carbonyl (C=O) groups excluding carboxylic acids is 2. The van der Waals surface area contributed by atoms with Crippen LogP contribution in [0.15, 0.2) is 24.4 Å². The molecular formula is C14H14N4O2. The van der Waals surface area contributed by atoms with Crippen LogP contribution in [0.4, 0.5) is 11.4 Å². The number of amides is 2. The molecule has 3 rings (SSSR count). The SMILES string of the molecule is Cc1[nH]ncc1C(=O)Nc1ccc2c(c1)CCC(=O)N2. The number of nitrogens with one attached hydrogen (secondary N) is 3. The van der Waals surface area contributed by atoms with Crippen molar-refractivity contribution >= 4 is 23.2 Å². The first kappa shape index (κ1) is 12.4. The number of carbonyl (C=O) groups is 2. The molecule has 2 amide bonds. The van der Waals surface area contributed by atoms with E-state index in [1.807, 2.05) is 12.1 Å². The smallest absolute Gasteiger partial charge is 0.259 e. The monoisotopic (exact) mass is 270 g/mol. The standard InChI is InChI=1S/C14H14N4O2/c1-8-11(7-15-18-8)14(20)16-10-3-4-12-9(6-10)2-5-13(19)17-12/h3-4,6-7H,2,5H2,1H3,(H,15,18)(H,16,20)(H,17,19). The number of hydrogen-bond acceptors (Lipinski definition) is 3. The molecular weight excluding hydrogens is 256 g/mol. The molecule has 6 heteroatoms. The van der Waals surface area contributed by atoms with E-state index in [0.29, 0.717) is 24.1 Å². The predicted octanol–water partition coefficient (Wildman–Crippen LogP) is 1.86. The minimum Gasteiger partial charge on any atom is -0.326 e. The Bertz CT molecular complexity index is 690. The largest absolute Gasteiger partial charge is 0.326 e. The summed E-state index contributed by atoms with van der Waals surface area (Å²) in [4.78, 5) is 23.4. The number of H-pyrrole nitrogens is 1. The van der Waals surface area contributed by atoms with Crippen molar-refractivity contribution in [2.24, 2.45) is 0 Å². The second kappa shape index (κ2) is 4.80. The number of nitrogens with zero attached hydrogens (tertiary/aromatic N) is 1. The minimum absolute atomic E-state index is 0.0308. The van der Waals surface area contributed by atoms with Crippen molar-refractivity contribution in [2.45, 2.75) is 19.8 Å². The Morgan fingerprint density at radius 1 is 1.35 bits per heavy atom. The van der Waals surface area contributed by atoms with Crippen molar-refractivity contribution in [3.05, 3.63) is 41.2 Å². The third-order valence-corrected chi connectivity index (χ3v) is 3.33. The topological polar surface area (TPSA) is 86.9 Å². The molecule has 1 aromatic heterocycles. The van der Waals surface area contributed by atoms with E-state index in [9.17, 15) is 9.59 Å². The first-order valence-corrected chi connectivity index (χ1v) is 6.37. The first-order valence-electron chi connectivity index (χ1n) is 6.37. The fourth-order valence-electron chi connectivity index (χ4n) is 2.24. The lowest BCUT2D eigenvalue weighted by molar-refractivity contribution is -0.116. The number of anilines is 2. The highest BCUT2D eigenvalue weighted by Crippen LogP contribution is 2.25. The quantitative estimate of drug-likeness (QED) is 0.778. The van der Waals surface area contributed by atoms with Gasteiger partial charge in [0.05, 0.1) is 11.8 Å². The fraction of sp³-hybridized carbons (Fsp3) is 0.214. The lowest BCUT2D eigenvalue weighted by Crippen LogP contribution is -2.19. The molecule has 3 N–H and O–H groups in total. The molecule has 0 unspecified atom stereocenters. The van der Waals surface area contributed by atoms with Gasteiger partial charge in [-0.15, -0.1) is 0 Å². The summed E-state index contributed by atoms with van der Waals surface area (Å²) < 4.78 is 0. The zero-order valence-electron chi connectivity index (χ0n) is 11.0. The molecule has 6 nitrogen and oxygen atoms in total. The van der Waals surface area contributed by atoms with Gasteiger partial charge in [0.2, 0.25) is 5.91 Å². The lowest BCUT2D eigenvalue weighted by atomic mass is 10.0. The van der Waals surface area contributed by atoms with Crippen molar-refractivity contribution < 1.29 is 9.59 Å². The zero-order chi connectivity index (χ0) is 14.1. The summed E-state index contributed by atoms with van der Waals surface area (Å²) in [5.74, 6) is -0.167. The van der Waals surface area contributed by atoms with Crippen LogP contribution in [0.2, 0.25) is 0 Å². The summed E-state index contributed by atoms with van der Waals surface area (Å²) in [6, 6.07) is 5.48. The van der Waals surface area contributed by atoms with Gasteiger partial charge in [-0.05, 0) is 37.1 Å². The maximum atomic E-state index is 12.1. The van der Waals surface area contributed by atoms with Gasteiger partial charge in [0.25, 0.3) is 5.91 Å². The second-order valence-corrected chi connectivity index (χ2v) is 4.78. The number of rotatable bonds is 2. The first-order chi connectivity index (χ1) is 9.63. The van der Waals surface area contributed by atoms with Crippen molar-refractivity contribution in [1.82, 2.24) is 10.2 Å². The molecule has 0 saturated carbocycles. The lowest BCUT2D eigenvalue weighted by Gasteiger charge is -2.17. The highest BCUT2D eigenvalue weighted by molar-refractivity contribution is 6.05. The van der Waals surface area contributed by atoms with E-state index < -0.39 is 0 Å². The number of aromatic nitrogens is 2. The van der Waals surface area contributed by atoms with Crippen molar-refractivity contribution in [3.63, 3.8) is 0 Å². The van der Waals surface area contributed by atoms with Gasteiger partial charge in [0, 0.05) is 23.5 Å². The van der Waals surface area contributed by atoms with Gasteiger partial charge in [-0.2, -0.15) is 5.10 Å². The van der Waals surface area contributed by atoms with E-state index >= 15 is 0 Å². The highest BCUT2D eigenvalue weighted by atomic mass is 16.2. The maximum absolute atomic E-state index is 12.1. The minimum atomic E-state index is -0.198. The van der Waals surface area contributed by atoms with Crippen LogP contribution in [0, 0.1) is 6.92 Å². The molecule has 20 heavy (non-hydrogen) atoms. The normalized spacial score (nSPS) is 13.6. The van der Waals surface area contributed by atoms with Crippen molar-refractivity contribution in [1.29, 1.82) is 0 Å². The predicted molar refractivity (Wildman–Crippen MR) is 74.7 cm³/mol. The summed E-state index contributed by atoms with van der Waals surface area (Å²) in [5, 5.41) is 12.2. The van der Waals surface area contributed by atoms with Crippen LogP contribution >= 0.6 is 0 Å². The molecule has 102 valence electrons. The van der Waals surface area contributed by atoms with Crippen LogP contribution < -0.4 is 10.6 Å². The molecule has 2 aromatic rings. The summed E-state index contributed by atoms with van der Waals surface area (Å²) in [5.41, 5.74) is 3.82. The van der Waals surface area contributed by atoms with Crippen LogP contribution in [0.3, 0.4) is 0 Å². The number of hydrogen-bond donors (Lipinski definition) is 3. The Labute approximate surface area is 115 Å². The summed E-state index contributed by atoms with van der Waals surface area (Å²) in [6.45, 7) is 1.80. The van der Waals surface area contributed by atoms with Crippen LogP contribution in [0.5, 0.6) is 0 Å². The molecule has 0 atom stereocenters. The number of aryl methyl sites for hydroxylation is 2. The van der Waals surface area contributed by atoms with Crippen molar-refractivity contribution in [3.8, 4) is 0 Å².